The number of para-hydroxylation sites is 2. The molecule has 3 rings (SSSR count). The quantitative estimate of drug-likeness (QED) is 0.887. The summed E-state index contributed by atoms with van der Waals surface area (Å²) in [5.41, 5.74) is 13.0. The lowest BCUT2D eigenvalue weighted by Crippen LogP contribution is -2.27. The van der Waals surface area contributed by atoms with Crippen molar-refractivity contribution in [3.8, 4) is 0 Å². The molecule has 3 heteroatoms. The summed E-state index contributed by atoms with van der Waals surface area (Å²) in [6.45, 7) is 8.70. The molecule has 23 heavy (non-hydrogen) atoms. The minimum atomic E-state index is 0.314. The molecule has 2 aromatic carbocycles. The summed E-state index contributed by atoms with van der Waals surface area (Å²) >= 11 is 0. The van der Waals surface area contributed by atoms with E-state index in [0.717, 1.165) is 28.2 Å². The van der Waals surface area contributed by atoms with Crippen molar-refractivity contribution in [1.82, 2.24) is 5.32 Å². The van der Waals surface area contributed by atoms with Crippen molar-refractivity contribution in [2.75, 3.05) is 4.90 Å². The van der Waals surface area contributed by atoms with Crippen molar-refractivity contribution >= 4 is 22.8 Å². The zero-order valence-electron chi connectivity index (χ0n) is 14.3. The van der Waals surface area contributed by atoms with Gasteiger partial charge in [0.25, 0.3) is 0 Å². The van der Waals surface area contributed by atoms with Crippen LogP contribution < -0.4 is 16.0 Å². The van der Waals surface area contributed by atoms with Gasteiger partial charge in [0.2, 0.25) is 0 Å². The maximum Gasteiger partial charge on any atom is 0.0677 e. The lowest BCUT2D eigenvalue weighted by atomic mass is 10.0. The van der Waals surface area contributed by atoms with Crippen LogP contribution in [0, 0.1) is 0 Å². The SMILES string of the molecule is CC(C)NC1=C(N)c2ccccc2N(C(C)C)c2ccccc21. The van der Waals surface area contributed by atoms with Crippen LogP contribution in [0.3, 0.4) is 0 Å². The van der Waals surface area contributed by atoms with Crippen molar-refractivity contribution in [3.63, 3.8) is 0 Å². The number of nitrogens with zero attached hydrogens (tertiary/aromatic N) is 1. The second-order valence-electron chi connectivity index (χ2n) is 6.59. The van der Waals surface area contributed by atoms with Crippen LogP contribution in [0.25, 0.3) is 11.4 Å². The third-order valence-electron chi connectivity index (χ3n) is 4.11. The number of hydrogen-bond donors (Lipinski definition) is 2. The second kappa shape index (κ2) is 5.99. The van der Waals surface area contributed by atoms with Gasteiger partial charge >= 0.3 is 0 Å². The van der Waals surface area contributed by atoms with Gasteiger partial charge in [-0.05, 0) is 39.8 Å². The first-order chi connectivity index (χ1) is 11.0. The van der Waals surface area contributed by atoms with Crippen molar-refractivity contribution in [2.24, 2.45) is 5.73 Å². The van der Waals surface area contributed by atoms with Gasteiger partial charge in [0.15, 0.2) is 0 Å². The van der Waals surface area contributed by atoms with Crippen LogP contribution in [0.5, 0.6) is 0 Å². The normalized spacial score (nSPS) is 13.9. The highest BCUT2D eigenvalue weighted by molar-refractivity contribution is 5.99. The van der Waals surface area contributed by atoms with E-state index >= 15 is 0 Å². The maximum absolute atomic E-state index is 6.61. The predicted molar refractivity (Wildman–Crippen MR) is 99.4 cm³/mol. The standard InChI is InChI=1S/C20H25N3/c1-13(2)22-20-16-10-6-8-12-18(16)23(14(3)4)17-11-7-5-9-15(17)19(20)21/h5-14,22H,21H2,1-4H3. The van der Waals surface area contributed by atoms with Gasteiger partial charge in [-0.2, -0.15) is 0 Å². The van der Waals surface area contributed by atoms with Crippen LogP contribution in [0.15, 0.2) is 48.5 Å². The summed E-state index contributed by atoms with van der Waals surface area (Å²) in [4.78, 5) is 2.37. The molecule has 0 amide bonds. The topological polar surface area (TPSA) is 41.3 Å². The summed E-state index contributed by atoms with van der Waals surface area (Å²) in [5, 5.41) is 3.56. The fourth-order valence-corrected chi connectivity index (χ4v) is 3.22. The first-order valence-corrected chi connectivity index (χ1v) is 8.25. The van der Waals surface area contributed by atoms with Gasteiger partial charge in [0, 0.05) is 23.2 Å². The Balaban J connectivity index is 2.35. The maximum atomic E-state index is 6.61. The Hall–Kier alpha value is -2.42. The van der Waals surface area contributed by atoms with E-state index in [1.165, 1.54) is 5.69 Å². The molecular weight excluding hydrogens is 282 g/mol. The molecule has 0 saturated carbocycles. The first kappa shape index (κ1) is 15.5. The minimum absolute atomic E-state index is 0.314. The molecule has 0 radical (unpaired) electrons. The Bertz CT molecular complexity index is 744. The Morgan fingerprint density at radius 1 is 0.826 bits per heavy atom. The fraction of sp³-hybridized carbons (Fsp3) is 0.300. The number of rotatable bonds is 3. The summed E-state index contributed by atoms with van der Waals surface area (Å²) in [6, 6.07) is 17.5. The summed E-state index contributed by atoms with van der Waals surface area (Å²) in [6.07, 6.45) is 0. The third kappa shape index (κ3) is 2.67. The molecule has 0 aliphatic carbocycles. The van der Waals surface area contributed by atoms with Crippen LogP contribution >= 0.6 is 0 Å². The first-order valence-electron chi connectivity index (χ1n) is 8.25. The van der Waals surface area contributed by atoms with Crippen molar-refractivity contribution < 1.29 is 0 Å². The number of fused-ring (bicyclic) bond motifs is 2. The smallest absolute Gasteiger partial charge is 0.0677 e. The molecule has 2 aromatic rings. The molecule has 120 valence electrons. The van der Waals surface area contributed by atoms with E-state index in [0.29, 0.717) is 12.1 Å². The average Bonchev–Trinajstić information content (AvgIpc) is 2.62. The van der Waals surface area contributed by atoms with Crippen LogP contribution in [0.1, 0.15) is 38.8 Å². The largest absolute Gasteiger partial charge is 0.396 e. The lowest BCUT2D eigenvalue weighted by molar-refractivity contribution is 0.717. The molecule has 1 aliphatic rings. The van der Waals surface area contributed by atoms with E-state index in [1.807, 2.05) is 6.07 Å². The van der Waals surface area contributed by atoms with Crippen LogP contribution in [-0.2, 0) is 0 Å². The van der Waals surface area contributed by atoms with Gasteiger partial charge in [-0.25, -0.2) is 0 Å². The second-order valence-corrected chi connectivity index (χ2v) is 6.59. The molecule has 0 bridgehead atoms. The van der Waals surface area contributed by atoms with Crippen molar-refractivity contribution in [1.29, 1.82) is 0 Å². The number of hydrogen-bond acceptors (Lipinski definition) is 3. The monoisotopic (exact) mass is 307 g/mol. The zero-order chi connectivity index (χ0) is 16.6. The molecule has 0 spiro atoms. The highest BCUT2D eigenvalue weighted by Crippen LogP contribution is 2.42. The molecule has 0 saturated heterocycles. The Morgan fingerprint density at radius 2 is 1.35 bits per heavy atom. The van der Waals surface area contributed by atoms with Gasteiger partial charge < -0.3 is 16.0 Å². The van der Waals surface area contributed by atoms with Crippen LogP contribution in [0.2, 0.25) is 0 Å². The highest BCUT2D eigenvalue weighted by Gasteiger charge is 2.26. The molecule has 3 nitrogen and oxygen atoms in total. The van der Waals surface area contributed by atoms with E-state index in [4.69, 9.17) is 5.73 Å². The fourth-order valence-electron chi connectivity index (χ4n) is 3.22. The summed E-state index contributed by atoms with van der Waals surface area (Å²) < 4.78 is 0. The molecule has 1 heterocycles. The van der Waals surface area contributed by atoms with Gasteiger partial charge in [0.1, 0.15) is 0 Å². The van der Waals surface area contributed by atoms with Gasteiger partial charge in [0.05, 0.1) is 22.8 Å². The summed E-state index contributed by atoms with van der Waals surface area (Å²) in [5.74, 6) is 0. The average molecular weight is 307 g/mol. The molecule has 1 aliphatic heterocycles. The van der Waals surface area contributed by atoms with E-state index in [-0.39, 0.29) is 0 Å². The minimum Gasteiger partial charge on any atom is -0.396 e. The number of nitrogens with two attached hydrogens (primary N) is 1. The molecule has 0 unspecified atom stereocenters. The molecule has 0 atom stereocenters. The Morgan fingerprint density at radius 3 is 1.91 bits per heavy atom. The van der Waals surface area contributed by atoms with Crippen molar-refractivity contribution in [3.05, 3.63) is 59.7 Å². The highest BCUT2D eigenvalue weighted by atomic mass is 15.2. The van der Waals surface area contributed by atoms with E-state index < -0.39 is 0 Å². The Labute approximate surface area is 138 Å². The number of nitrogens with one attached hydrogen (secondary N) is 1. The van der Waals surface area contributed by atoms with Gasteiger partial charge in [-0.1, -0.05) is 36.4 Å². The van der Waals surface area contributed by atoms with Gasteiger partial charge in [-0.15, -0.1) is 0 Å². The molecule has 0 aromatic heterocycles. The third-order valence-corrected chi connectivity index (χ3v) is 4.11. The lowest BCUT2D eigenvalue weighted by Gasteiger charge is -2.31. The van der Waals surface area contributed by atoms with E-state index in [2.05, 4.69) is 80.4 Å². The van der Waals surface area contributed by atoms with Crippen molar-refractivity contribution in [2.45, 2.75) is 39.8 Å². The zero-order valence-corrected chi connectivity index (χ0v) is 14.3. The van der Waals surface area contributed by atoms with E-state index in [9.17, 15) is 0 Å². The molecular formula is C20H25N3. The molecule has 0 fully saturated rings. The summed E-state index contributed by atoms with van der Waals surface area (Å²) in [7, 11) is 0. The van der Waals surface area contributed by atoms with E-state index in [1.54, 1.807) is 0 Å². The molecule has 3 N–H and O–H groups in total. The Kier molecular flexibility index (Phi) is 4.03. The van der Waals surface area contributed by atoms with Gasteiger partial charge in [-0.3, -0.25) is 0 Å². The van der Waals surface area contributed by atoms with Crippen LogP contribution in [-0.4, -0.2) is 12.1 Å². The van der Waals surface area contributed by atoms with Crippen LogP contribution in [0.4, 0.5) is 11.4 Å². The predicted octanol–water partition coefficient (Wildman–Crippen LogP) is 4.33. The number of benzene rings is 2. The number of anilines is 2.